The maximum atomic E-state index is 13.3. The van der Waals surface area contributed by atoms with E-state index in [-0.39, 0.29) is 17.2 Å². The smallest absolute Gasteiger partial charge is 0.323 e. The molecule has 2 unspecified atom stereocenters. The number of carbonyl (C=O) groups excluding carboxylic acids is 3. The van der Waals surface area contributed by atoms with Gasteiger partial charge in [-0.2, -0.15) is 9.04 Å². The molecule has 2 aliphatic rings. The Morgan fingerprint density at radius 3 is 2.53 bits per heavy atom. The Morgan fingerprint density at radius 2 is 1.94 bits per heavy atom. The zero-order valence-electron chi connectivity index (χ0n) is 18.3. The predicted molar refractivity (Wildman–Crippen MR) is 114 cm³/mol. The molecule has 1 saturated heterocycles. The number of aromatic nitrogens is 1. The van der Waals surface area contributed by atoms with Crippen molar-refractivity contribution in [2.24, 2.45) is 11.7 Å². The van der Waals surface area contributed by atoms with E-state index >= 15 is 0 Å². The Morgan fingerprint density at radius 1 is 1.22 bits per heavy atom. The van der Waals surface area contributed by atoms with Gasteiger partial charge in [-0.15, -0.1) is 0 Å². The number of amides is 2. The number of hydrogen-bond donors (Lipinski definition) is 1. The van der Waals surface area contributed by atoms with E-state index in [0.717, 1.165) is 16.9 Å². The molecule has 1 aromatic rings. The van der Waals surface area contributed by atoms with E-state index in [0.29, 0.717) is 25.2 Å². The van der Waals surface area contributed by atoms with Crippen molar-refractivity contribution in [3.8, 4) is 0 Å². The Hall–Kier alpha value is -2.53. The molecule has 11 heteroatoms. The van der Waals surface area contributed by atoms with Crippen LogP contribution in [0.1, 0.15) is 52.4 Å². The van der Waals surface area contributed by atoms with Gasteiger partial charge in [0.25, 0.3) is 0 Å². The average Bonchev–Trinajstić information content (AvgIpc) is 3.07. The van der Waals surface area contributed by atoms with Gasteiger partial charge >= 0.3 is 15.0 Å². The molecule has 4 atom stereocenters. The molecule has 0 spiro atoms. The summed E-state index contributed by atoms with van der Waals surface area (Å²) >= 11 is 0. The summed E-state index contributed by atoms with van der Waals surface area (Å²) < 4.78 is 27.7. The van der Waals surface area contributed by atoms with Gasteiger partial charge < -0.3 is 15.8 Å². The maximum absolute atomic E-state index is 13.3. The van der Waals surface area contributed by atoms with Crippen LogP contribution in [0.4, 0.5) is 0 Å². The predicted octanol–water partition coefficient (Wildman–Crippen LogP) is 0.323. The number of pyridine rings is 1. The summed E-state index contributed by atoms with van der Waals surface area (Å²) in [6.07, 6.45) is 3.52. The molecule has 1 saturated carbocycles. The molecule has 10 nitrogen and oxygen atoms in total. The fourth-order valence-electron chi connectivity index (χ4n) is 4.77. The lowest BCUT2D eigenvalue weighted by atomic mass is 10.0. The van der Waals surface area contributed by atoms with Crippen LogP contribution in [0.2, 0.25) is 0 Å². The summed E-state index contributed by atoms with van der Waals surface area (Å²) in [6, 6.07) is 2.48. The van der Waals surface area contributed by atoms with Gasteiger partial charge in [-0.1, -0.05) is 6.92 Å². The first-order chi connectivity index (χ1) is 15.0. The van der Waals surface area contributed by atoms with Crippen LogP contribution >= 0.6 is 0 Å². The molecular formula is C21H30N4O6S. The highest BCUT2D eigenvalue weighted by Crippen LogP contribution is 2.33. The van der Waals surface area contributed by atoms with Gasteiger partial charge in [-0.05, 0) is 51.0 Å². The molecule has 1 aliphatic heterocycles. The first-order valence-electron chi connectivity index (χ1n) is 10.8. The van der Waals surface area contributed by atoms with Crippen LogP contribution in [0.25, 0.3) is 0 Å². The first kappa shape index (κ1) is 24.1. The van der Waals surface area contributed by atoms with E-state index < -0.39 is 57.7 Å². The van der Waals surface area contributed by atoms with E-state index in [1.807, 2.05) is 0 Å². The molecule has 176 valence electrons. The minimum absolute atomic E-state index is 0.192. The lowest BCUT2D eigenvalue weighted by molar-refractivity contribution is -0.646. The lowest BCUT2D eigenvalue weighted by Crippen LogP contribution is -2.52. The first-order valence-corrected chi connectivity index (χ1v) is 12.3. The summed E-state index contributed by atoms with van der Waals surface area (Å²) in [7, 11) is -4.23. The molecule has 2 heterocycles. The van der Waals surface area contributed by atoms with Gasteiger partial charge in [0.1, 0.15) is 6.42 Å². The Balaban J connectivity index is 1.91. The average molecular weight is 467 g/mol. The molecule has 0 aromatic carbocycles. The van der Waals surface area contributed by atoms with Gasteiger partial charge in [-0.3, -0.25) is 14.4 Å². The third kappa shape index (κ3) is 4.93. The van der Waals surface area contributed by atoms with Gasteiger partial charge in [-0.25, -0.2) is 8.42 Å². The highest BCUT2D eigenvalue weighted by molar-refractivity contribution is 7.89. The summed E-state index contributed by atoms with van der Waals surface area (Å²) in [4.78, 5) is 39.1. The monoisotopic (exact) mass is 466 g/mol. The number of rotatable bonds is 6. The second-order valence-electron chi connectivity index (χ2n) is 8.84. The number of Topliss-reactive ketones (excluding diaryl/α,β-unsaturated/α-hetero) is 1. The van der Waals surface area contributed by atoms with Crippen LogP contribution in [0.15, 0.2) is 29.4 Å². The van der Waals surface area contributed by atoms with Crippen molar-refractivity contribution in [1.29, 1.82) is 0 Å². The molecule has 1 aromatic heterocycles. The number of primary amides is 1. The summed E-state index contributed by atoms with van der Waals surface area (Å²) in [5, 5.41) is 11.6. The Kier molecular flexibility index (Phi) is 7.19. The normalized spacial score (nSPS) is 27.1. The highest BCUT2D eigenvalue weighted by atomic mass is 32.2. The molecule has 1 aliphatic carbocycles. The summed E-state index contributed by atoms with van der Waals surface area (Å²) in [6.45, 7) is 3.30. The number of nitrogens with zero attached hydrogens (tertiary/aromatic N) is 3. The summed E-state index contributed by atoms with van der Waals surface area (Å²) in [5.74, 6) is -1.32. The van der Waals surface area contributed by atoms with Crippen molar-refractivity contribution in [2.75, 3.05) is 6.54 Å². The third-order valence-corrected chi connectivity index (χ3v) is 8.36. The van der Waals surface area contributed by atoms with Crippen molar-refractivity contribution in [1.82, 2.24) is 9.21 Å². The van der Waals surface area contributed by atoms with E-state index in [1.54, 1.807) is 6.92 Å². The summed E-state index contributed by atoms with van der Waals surface area (Å²) in [5.41, 5.74) is 5.24. The topological polar surface area (TPSA) is 145 Å². The van der Waals surface area contributed by atoms with Crippen LogP contribution < -0.4 is 10.5 Å². The van der Waals surface area contributed by atoms with Crippen molar-refractivity contribution in [3.63, 3.8) is 0 Å². The van der Waals surface area contributed by atoms with E-state index in [2.05, 4.69) is 6.92 Å². The van der Waals surface area contributed by atoms with E-state index in [9.17, 15) is 28.0 Å². The standard InChI is InChI=1S/C21H30N4O6S/c1-14-6-8-16(11-14)25(20(28)12-19(22)27)17-9-7-15(2)24(13-18(17)26)32(30,31)21-5-3-4-10-23(21)29/h3-5,10,14-17H,6-9,11-13H2,1-2H3,(H2,22,27)/t14-,15+,16?,17?/m0/s1. The van der Waals surface area contributed by atoms with Crippen LogP contribution in [-0.4, -0.2) is 59.9 Å². The fraction of sp³-hybridized carbons (Fsp3) is 0.619. The quantitative estimate of drug-likeness (QED) is 0.363. The fourth-order valence-corrected chi connectivity index (χ4v) is 6.42. The molecule has 0 radical (unpaired) electrons. The van der Waals surface area contributed by atoms with Crippen molar-refractivity contribution >= 4 is 27.6 Å². The van der Waals surface area contributed by atoms with Gasteiger partial charge in [0.05, 0.1) is 12.6 Å². The molecule has 0 bridgehead atoms. The Bertz CT molecular complexity index is 998. The number of ketones is 1. The number of nitrogens with two attached hydrogens (primary N) is 1. The van der Waals surface area contributed by atoms with Gasteiger partial charge in [0.2, 0.25) is 11.8 Å². The van der Waals surface area contributed by atoms with E-state index in [4.69, 9.17) is 5.73 Å². The third-order valence-electron chi connectivity index (χ3n) is 6.40. The molecular weight excluding hydrogens is 436 g/mol. The van der Waals surface area contributed by atoms with Crippen molar-refractivity contribution in [3.05, 3.63) is 29.6 Å². The minimum atomic E-state index is -4.23. The lowest BCUT2D eigenvalue weighted by Gasteiger charge is -2.35. The van der Waals surface area contributed by atoms with E-state index in [1.165, 1.54) is 23.1 Å². The van der Waals surface area contributed by atoms with Crippen LogP contribution in [-0.2, 0) is 24.4 Å². The maximum Gasteiger partial charge on any atom is 0.323 e. The van der Waals surface area contributed by atoms with Gasteiger partial charge in [0, 0.05) is 24.2 Å². The Labute approximate surface area is 188 Å². The molecule has 2 N–H and O–H groups in total. The molecule has 3 rings (SSSR count). The zero-order valence-corrected chi connectivity index (χ0v) is 19.2. The second-order valence-corrected chi connectivity index (χ2v) is 10.7. The molecule has 2 fully saturated rings. The number of hydrogen-bond acceptors (Lipinski definition) is 6. The van der Waals surface area contributed by atoms with Gasteiger partial charge in [0.15, 0.2) is 12.0 Å². The highest BCUT2D eigenvalue weighted by Gasteiger charge is 2.44. The van der Waals surface area contributed by atoms with Crippen molar-refractivity contribution in [2.45, 2.75) is 75.5 Å². The minimum Gasteiger partial charge on any atom is -0.618 e. The van der Waals surface area contributed by atoms with Crippen LogP contribution in [0.3, 0.4) is 0 Å². The SMILES string of the molecule is C[C@H]1CCC(N(C(=O)CC(N)=O)C2CC[C@@H](C)N(S(=O)(=O)c3cccc[n+]3[O-])CC2=O)C1. The van der Waals surface area contributed by atoms with Crippen LogP contribution in [0, 0.1) is 11.1 Å². The number of carbonyl (C=O) groups is 3. The zero-order chi connectivity index (χ0) is 23.6. The molecule has 2 amide bonds. The second kappa shape index (κ2) is 9.53. The van der Waals surface area contributed by atoms with Crippen molar-refractivity contribution < 1.29 is 27.5 Å². The largest absolute Gasteiger partial charge is 0.618 e. The number of sulfonamides is 1. The molecule has 32 heavy (non-hydrogen) atoms. The van der Waals surface area contributed by atoms with Crippen LogP contribution in [0.5, 0.6) is 0 Å².